The zero-order chi connectivity index (χ0) is 16.8. The monoisotopic (exact) mass is 334 g/mol. The van der Waals surface area contributed by atoms with Crippen LogP contribution in [0.15, 0.2) is 0 Å². The smallest absolute Gasteiger partial charge is 0.410 e. The predicted octanol–water partition coefficient (Wildman–Crippen LogP) is 2.82. The van der Waals surface area contributed by atoms with Gasteiger partial charge in [-0.15, -0.1) is 0 Å². The molecule has 0 spiro atoms. The summed E-state index contributed by atoms with van der Waals surface area (Å²) in [7, 11) is 0. The molecule has 0 radical (unpaired) electrons. The lowest BCUT2D eigenvalue weighted by Gasteiger charge is -2.34. The van der Waals surface area contributed by atoms with E-state index in [9.17, 15) is 14.0 Å². The maximum Gasteiger partial charge on any atom is 0.410 e. The molecule has 22 heavy (non-hydrogen) atoms. The Morgan fingerprint density at radius 2 is 1.82 bits per heavy atom. The molecule has 0 aromatic heterocycles. The lowest BCUT2D eigenvalue weighted by atomic mass is 10.0. The Labute approximate surface area is 135 Å². The van der Waals surface area contributed by atoms with Crippen molar-refractivity contribution in [2.24, 2.45) is 5.41 Å². The fourth-order valence-electron chi connectivity index (χ4n) is 2.52. The van der Waals surface area contributed by atoms with E-state index in [2.05, 4.69) is 5.32 Å². The number of alkyl halides is 2. The van der Waals surface area contributed by atoms with Gasteiger partial charge in [-0.25, -0.2) is 9.18 Å². The van der Waals surface area contributed by atoms with Crippen molar-refractivity contribution in [3.63, 3.8) is 0 Å². The second-order valence-corrected chi connectivity index (χ2v) is 8.03. The van der Waals surface area contributed by atoms with Gasteiger partial charge in [-0.1, -0.05) is 11.6 Å². The molecule has 2 fully saturated rings. The van der Waals surface area contributed by atoms with Crippen molar-refractivity contribution in [2.75, 3.05) is 13.1 Å². The number of hydrogen-bond acceptors (Lipinski definition) is 3. The molecule has 1 heterocycles. The zero-order valence-corrected chi connectivity index (χ0v) is 14.3. The molecular weight excluding hydrogens is 311 g/mol. The van der Waals surface area contributed by atoms with Gasteiger partial charge in [0.05, 0.1) is 5.41 Å². The number of rotatable bonds is 2. The van der Waals surface area contributed by atoms with E-state index >= 15 is 0 Å². The molecule has 0 aromatic rings. The quantitative estimate of drug-likeness (QED) is 0.790. The van der Waals surface area contributed by atoms with Crippen LogP contribution in [0.4, 0.5) is 9.18 Å². The number of ether oxygens (including phenoxy) is 1. The Morgan fingerprint density at radius 1 is 1.32 bits per heavy atom. The van der Waals surface area contributed by atoms with Crippen LogP contribution in [0.25, 0.3) is 0 Å². The summed E-state index contributed by atoms with van der Waals surface area (Å²) in [5.74, 6) is -0.347. The molecule has 0 aromatic carbocycles. The molecule has 1 saturated carbocycles. The Hall–Kier alpha value is -1.04. The van der Waals surface area contributed by atoms with E-state index in [1.807, 2.05) is 20.8 Å². The van der Waals surface area contributed by atoms with E-state index in [-0.39, 0.29) is 24.5 Å². The fraction of sp³-hybridized carbons (Fsp3) is 0.867. The molecule has 2 rings (SSSR count). The molecule has 0 bridgehead atoms. The van der Waals surface area contributed by atoms with E-state index in [4.69, 9.17) is 16.3 Å². The fourth-order valence-corrected chi connectivity index (χ4v) is 2.88. The highest BCUT2D eigenvalue weighted by atomic mass is 35.5. The Bertz CT molecular complexity index is 470. The van der Waals surface area contributed by atoms with E-state index < -0.39 is 16.1 Å². The lowest BCUT2D eigenvalue weighted by molar-refractivity contribution is -0.127. The van der Waals surface area contributed by atoms with Crippen LogP contribution in [0.2, 0.25) is 0 Å². The van der Waals surface area contributed by atoms with Crippen molar-refractivity contribution >= 4 is 23.6 Å². The summed E-state index contributed by atoms with van der Waals surface area (Å²) in [5.41, 5.74) is -1.65. The highest BCUT2D eigenvalue weighted by Crippen LogP contribution is 2.62. The molecule has 1 aliphatic carbocycles. The van der Waals surface area contributed by atoms with Crippen LogP contribution < -0.4 is 5.32 Å². The molecule has 1 aliphatic heterocycles. The van der Waals surface area contributed by atoms with Crippen LogP contribution >= 0.6 is 11.6 Å². The van der Waals surface area contributed by atoms with Crippen molar-refractivity contribution in [1.29, 1.82) is 0 Å². The first-order valence-electron chi connectivity index (χ1n) is 7.61. The third-order valence-corrected chi connectivity index (χ3v) is 4.79. The summed E-state index contributed by atoms with van der Waals surface area (Å²) in [5, 5.41) is 0.920. The molecule has 2 unspecified atom stereocenters. The van der Waals surface area contributed by atoms with Crippen molar-refractivity contribution in [3.05, 3.63) is 0 Å². The number of likely N-dealkylation sites (tertiary alicyclic amines) is 1. The second kappa shape index (κ2) is 5.55. The summed E-state index contributed by atoms with van der Waals surface area (Å²) in [6, 6.07) is -0.0592. The number of carbonyl (C=O) groups excluding carboxylic acids is 2. The number of nitrogens with one attached hydrogen (secondary N) is 1. The molecule has 1 saturated heterocycles. The third-order valence-electron chi connectivity index (χ3n) is 4.24. The van der Waals surface area contributed by atoms with Gasteiger partial charge in [0.1, 0.15) is 5.60 Å². The summed E-state index contributed by atoms with van der Waals surface area (Å²) >= 11 is 5.59. The van der Waals surface area contributed by atoms with E-state index in [0.717, 1.165) is 0 Å². The van der Waals surface area contributed by atoms with Crippen molar-refractivity contribution in [2.45, 2.75) is 63.7 Å². The van der Waals surface area contributed by atoms with E-state index in [1.165, 1.54) is 6.92 Å². The van der Waals surface area contributed by atoms with Gasteiger partial charge in [0.2, 0.25) is 5.91 Å². The molecule has 1 N–H and O–H groups in total. The minimum atomic E-state index is -1.92. The molecule has 7 heteroatoms. The number of carbonyl (C=O) groups is 2. The SMILES string of the molecule is CC(C)(C)OC(=O)N1CCC(NC(=O)C2(C)CC2(F)Cl)CC1. The van der Waals surface area contributed by atoms with Crippen LogP contribution in [-0.2, 0) is 9.53 Å². The van der Waals surface area contributed by atoms with Crippen LogP contribution in [0.5, 0.6) is 0 Å². The van der Waals surface area contributed by atoms with Gasteiger partial charge in [0.25, 0.3) is 0 Å². The highest BCUT2D eigenvalue weighted by molar-refractivity contribution is 6.28. The number of nitrogens with zero attached hydrogens (tertiary/aromatic N) is 1. The zero-order valence-electron chi connectivity index (χ0n) is 13.5. The van der Waals surface area contributed by atoms with Gasteiger partial charge in [0.15, 0.2) is 5.13 Å². The largest absolute Gasteiger partial charge is 0.444 e. The molecule has 126 valence electrons. The van der Waals surface area contributed by atoms with Gasteiger partial charge in [0, 0.05) is 25.6 Å². The predicted molar refractivity (Wildman–Crippen MR) is 81.4 cm³/mol. The number of amides is 2. The van der Waals surface area contributed by atoms with Gasteiger partial charge in [-0.05, 0) is 40.5 Å². The molecule has 2 amide bonds. The Morgan fingerprint density at radius 3 is 2.23 bits per heavy atom. The molecular formula is C15H24ClFN2O3. The molecule has 2 aliphatic rings. The minimum Gasteiger partial charge on any atom is -0.444 e. The topological polar surface area (TPSA) is 58.6 Å². The Kier molecular flexibility index (Phi) is 4.37. The summed E-state index contributed by atoms with van der Waals surface area (Å²) in [4.78, 5) is 25.7. The first-order valence-corrected chi connectivity index (χ1v) is 7.99. The molecule has 5 nitrogen and oxygen atoms in total. The number of halogens is 2. The van der Waals surface area contributed by atoms with Crippen LogP contribution in [0, 0.1) is 5.41 Å². The van der Waals surface area contributed by atoms with Crippen molar-refractivity contribution in [3.8, 4) is 0 Å². The normalized spacial score (nSPS) is 32.5. The lowest BCUT2D eigenvalue weighted by Crippen LogP contribution is -2.49. The van der Waals surface area contributed by atoms with Gasteiger partial charge in [-0.2, -0.15) is 0 Å². The van der Waals surface area contributed by atoms with Crippen LogP contribution in [0.1, 0.15) is 47.0 Å². The van der Waals surface area contributed by atoms with E-state index in [0.29, 0.717) is 25.9 Å². The average Bonchev–Trinajstić information content (AvgIpc) is 2.88. The number of hydrogen-bond donors (Lipinski definition) is 1. The Balaban J connectivity index is 1.78. The minimum absolute atomic E-state index is 0.0458. The first-order chi connectivity index (χ1) is 9.95. The van der Waals surface area contributed by atoms with Gasteiger partial charge >= 0.3 is 6.09 Å². The van der Waals surface area contributed by atoms with E-state index in [1.54, 1.807) is 4.90 Å². The van der Waals surface area contributed by atoms with Crippen molar-refractivity contribution < 1.29 is 18.7 Å². The average molecular weight is 335 g/mol. The maximum atomic E-state index is 13.6. The van der Waals surface area contributed by atoms with Crippen LogP contribution in [0.3, 0.4) is 0 Å². The van der Waals surface area contributed by atoms with Crippen LogP contribution in [-0.4, -0.2) is 46.8 Å². The van der Waals surface area contributed by atoms with Crippen molar-refractivity contribution in [1.82, 2.24) is 10.2 Å². The summed E-state index contributed by atoms with van der Waals surface area (Å²) in [6.45, 7) is 8.03. The second-order valence-electron chi connectivity index (χ2n) is 7.43. The van der Waals surface area contributed by atoms with Gasteiger partial charge in [-0.3, -0.25) is 4.79 Å². The standard InChI is InChI=1S/C15H24ClFN2O3/c1-13(2,3)22-12(21)19-7-5-10(6-8-19)18-11(20)14(4)9-15(14,16)17/h10H,5-9H2,1-4H3,(H,18,20). The van der Waals surface area contributed by atoms with Gasteiger partial charge < -0.3 is 15.0 Å². The summed E-state index contributed by atoms with van der Waals surface area (Å²) in [6.07, 6.45) is 0.963. The third kappa shape index (κ3) is 3.65. The maximum absolute atomic E-state index is 13.6. The first kappa shape index (κ1) is 17.3. The number of piperidine rings is 1. The highest BCUT2D eigenvalue weighted by Gasteiger charge is 2.70. The molecule has 2 atom stereocenters. The summed E-state index contributed by atoms with van der Waals surface area (Å²) < 4.78 is 18.9.